The zero-order chi connectivity index (χ0) is 26.2. The first-order chi connectivity index (χ1) is 17.3. The molecule has 8 nitrogen and oxygen atoms in total. The fourth-order valence-corrected chi connectivity index (χ4v) is 4.66. The van der Waals surface area contributed by atoms with Gasteiger partial charge in [0, 0.05) is 42.2 Å². The lowest BCUT2D eigenvalue weighted by Crippen LogP contribution is -2.39. The summed E-state index contributed by atoms with van der Waals surface area (Å²) in [5.74, 6) is -0.654. The normalized spacial score (nSPS) is 14.1. The molecule has 0 saturated heterocycles. The van der Waals surface area contributed by atoms with Gasteiger partial charge in [-0.3, -0.25) is 14.4 Å². The van der Waals surface area contributed by atoms with E-state index < -0.39 is 5.82 Å². The number of aldehydes is 1. The van der Waals surface area contributed by atoms with Gasteiger partial charge in [-0.05, 0) is 63.0 Å². The van der Waals surface area contributed by atoms with Crippen LogP contribution in [0.25, 0.3) is 11.6 Å². The number of H-pyrrole nitrogens is 1. The second-order valence-corrected chi connectivity index (χ2v) is 9.10. The molecule has 1 aromatic heterocycles. The van der Waals surface area contributed by atoms with Crippen LogP contribution in [0.3, 0.4) is 0 Å². The highest BCUT2D eigenvalue weighted by atomic mass is 19.1. The SMILES string of the molecule is CCCCN(CC)CCN1CCCc2[nH]c(/C=C(\C=O)c3cc(F)cc(NC=O)c3N)c(C)c2C1=O. The van der Waals surface area contributed by atoms with E-state index >= 15 is 0 Å². The highest BCUT2D eigenvalue weighted by molar-refractivity contribution is 6.16. The molecule has 0 saturated carbocycles. The molecule has 0 spiro atoms. The summed E-state index contributed by atoms with van der Waals surface area (Å²) in [6.07, 6.45) is 6.39. The second-order valence-electron chi connectivity index (χ2n) is 9.10. The first-order valence-electron chi connectivity index (χ1n) is 12.5. The predicted octanol–water partition coefficient (Wildman–Crippen LogP) is 3.86. The molecule has 0 radical (unpaired) electrons. The van der Waals surface area contributed by atoms with Crippen molar-refractivity contribution >= 4 is 41.6 Å². The van der Waals surface area contributed by atoms with Gasteiger partial charge in [0.1, 0.15) is 5.82 Å². The van der Waals surface area contributed by atoms with Crippen LogP contribution in [0, 0.1) is 12.7 Å². The van der Waals surface area contributed by atoms with Gasteiger partial charge < -0.3 is 25.8 Å². The van der Waals surface area contributed by atoms with Crippen molar-refractivity contribution in [3.63, 3.8) is 0 Å². The van der Waals surface area contributed by atoms with Crippen molar-refractivity contribution in [3.05, 3.63) is 46.0 Å². The van der Waals surface area contributed by atoms with E-state index in [1.165, 1.54) is 0 Å². The Bertz CT molecular complexity index is 1140. The average Bonchev–Trinajstić information content (AvgIpc) is 3.08. The first-order valence-corrected chi connectivity index (χ1v) is 12.5. The molecule has 0 aliphatic carbocycles. The summed E-state index contributed by atoms with van der Waals surface area (Å²) in [6.45, 7) is 10.3. The van der Waals surface area contributed by atoms with E-state index in [-0.39, 0.29) is 28.4 Å². The smallest absolute Gasteiger partial charge is 0.256 e. The molecule has 36 heavy (non-hydrogen) atoms. The van der Waals surface area contributed by atoms with Crippen LogP contribution in [0.5, 0.6) is 0 Å². The van der Waals surface area contributed by atoms with Crippen LogP contribution in [0.4, 0.5) is 15.8 Å². The van der Waals surface area contributed by atoms with Gasteiger partial charge in [0.05, 0.1) is 16.9 Å². The number of aromatic amines is 1. The maximum atomic E-state index is 14.2. The number of amides is 2. The third-order valence-electron chi connectivity index (χ3n) is 6.78. The van der Waals surface area contributed by atoms with E-state index in [0.29, 0.717) is 43.5 Å². The van der Waals surface area contributed by atoms with Gasteiger partial charge >= 0.3 is 0 Å². The van der Waals surface area contributed by atoms with Crippen LogP contribution in [0.1, 0.15) is 66.0 Å². The Morgan fingerprint density at radius 1 is 1.28 bits per heavy atom. The van der Waals surface area contributed by atoms with Crippen molar-refractivity contribution in [2.45, 2.75) is 46.5 Å². The molecular weight excluding hydrogens is 461 g/mol. The topological polar surface area (TPSA) is 112 Å². The number of carbonyl (C=O) groups is 3. The number of aryl methyl sites for hydroxylation is 1. The number of anilines is 2. The number of rotatable bonds is 12. The van der Waals surface area contributed by atoms with Crippen LogP contribution in [-0.2, 0) is 16.0 Å². The van der Waals surface area contributed by atoms with Crippen LogP contribution in [0.15, 0.2) is 12.1 Å². The van der Waals surface area contributed by atoms with Crippen LogP contribution >= 0.6 is 0 Å². The Morgan fingerprint density at radius 2 is 2.06 bits per heavy atom. The number of nitrogens with one attached hydrogen (secondary N) is 2. The molecule has 1 aliphatic rings. The fraction of sp³-hybridized carbons (Fsp3) is 0.444. The minimum Gasteiger partial charge on any atom is -0.397 e. The van der Waals surface area contributed by atoms with Gasteiger partial charge in [-0.15, -0.1) is 0 Å². The van der Waals surface area contributed by atoms with Crippen LogP contribution in [-0.4, -0.2) is 66.1 Å². The third-order valence-corrected chi connectivity index (χ3v) is 6.78. The number of allylic oxidation sites excluding steroid dienone is 1. The van der Waals surface area contributed by atoms with Crippen molar-refractivity contribution in [3.8, 4) is 0 Å². The number of fused-ring (bicyclic) bond motifs is 1. The van der Waals surface area contributed by atoms with Gasteiger partial charge in [0.15, 0.2) is 6.29 Å². The molecule has 0 fully saturated rings. The summed E-state index contributed by atoms with van der Waals surface area (Å²) in [7, 11) is 0. The average molecular weight is 498 g/mol. The molecule has 0 unspecified atom stereocenters. The van der Waals surface area contributed by atoms with E-state index in [2.05, 4.69) is 29.0 Å². The predicted molar refractivity (Wildman–Crippen MR) is 141 cm³/mol. The number of halogens is 1. The lowest BCUT2D eigenvalue weighted by atomic mass is 10.0. The Balaban J connectivity index is 1.91. The lowest BCUT2D eigenvalue weighted by molar-refractivity contribution is -0.105. The van der Waals surface area contributed by atoms with Crippen molar-refractivity contribution in [1.29, 1.82) is 0 Å². The van der Waals surface area contributed by atoms with Crippen molar-refractivity contribution in [1.82, 2.24) is 14.8 Å². The number of benzene rings is 1. The number of nitrogen functional groups attached to an aromatic ring is 1. The molecule has 9 heteroatoms. The van der Waals surface area contributed by atoms with Crippen LogP contribution < -0.4 is 11.1 Å². The minimum absolute atomic E-state index is 0.0159. The van der Waals surface area contributed by atoms with Gasteiger partial charge in [-0.1, -0.05) is 20.3 Å². The van der Waals surface area contributed by atoms with Crippen molar-refractivity contribution in [2.24, 2.45) is 0 Å². The molecule has 1 aromatic carbocycles. The number of nitrogens with zero attached hydrogens (tertiary/aromatic N) is 2. The highest BCUT2D eigenvalue weighted by Crippen LogP contribution is 2.32. The van der Waals surface area contributed by atoms with Gasteiger partial charge in [0.25, 0.3) is 5.91 Å². The largest absolute Gasteiger partial charge is 0.397 e. The number of unbranched alkanes of at least 4 members (excludes halogenated alkanes) is 1. The van der Waals surface area contributed by atoms with Gasteiger partial charge in [0.2, 0.25) is 6.41 Å². The fourth-order valence-electron chi connectivity index (χ4n) is 4.66. The minimum atomic E-state index is -0.638. The number of aromatic nitrogens is 1. The van der Waals surface area contributed by atoms with Crippen molar-refractivity contribution < 1.29 is 18.8 Å². The standard InChI is InChI=1S/C27H36FN5O3/c1-4-6-9-32(5-2)11-12-33-10-7-8-22-25(27(33)36)18(3)23(31-22)13-19(16-34)21-14-20(28)15-24(26(21)29)30-17-35/h13-17,31H,4-12,29H2,1-3H3,(H,30,35)/b19-13+. The highest BCUT2D eigenvalue weighted by Gasteiger charge is 2.27. The number of hydrogen-bond donors (Lipinski definition) is 3. The summed E-state index contributed by atoms with van der Waals surface area (Å²) < 4.78 is 14.2. The number of hydrogen-bond acceptors (Lipinski definition) is 5. The van der Waals surface area contributed by atoms with E-state index in [4.69, 9.17) is 5.73 Å². The molecule has 4 N–H and O–H groups in total. The summed E-state index contributed by atoms with van der Waals surface area (Å²) in [4.78, 5) is 43.9. The summed E-state index contributed by atoms with van der Waals surface area (Å²) in [5, 5.41) is 2.35. The first kappa shape index (κ1) is 27.1. The van der Waals surface area contributed by atoms with Crippen molar-refractivity contribution in [2.75, 3.05) is 43.8 Å². The third kappa shape index (κ3) is 6.02. The molecular formula is C27H36FN5O3. The Labute approximate surface area is 211 Å². The molecule has 1 aliphatic heterocycles. The molecule has 3 rings (SSSR count). The zero-order valence-corrected chi connectivity index (χ0v) is 21.3. The van der Waals surface area contributed by atoms with E-state index in [1.54, 1.807) is 6.08 Å². The summed E-state index contributed by atoms with van der Waals surface area (Å²) in [6, 6.07) is 2.24. The molecule has 2 amide bonds. The second kappa shape index (κ2) is 12.5. The molecule has 2 aromatic rings. The van der Waals surface area contributed by atoms with Crippen LogP contribution in [0.2, 0.25) is 0 Å². The zero-order valence-electron chi connectivity index (χ0n) is 21.3. The Hall–Kier alpha value is -3.46. The van der Waals surface area contributed by atoms with E-state index in [9.17, 15) is 18.8 Å². The maximum absolute atomic E-state index is 14.2. The molecule has 2 heterocycles. The summed E-state index contributed by atoms with van der Waals surface area (Å²) >= 11 is 0. The van der Waals surface area contributed by atoms with E-state index in [0.717, 1.165) is 62.3 Å². The summed E-state index contributed by atoms with van der Waals surface area (Å²) in [5.41, 5.74) is 9.38. The van der Waals surface area contributed by atoms with E-state index in [1.807, 2.05) is 11.8 Å². The number of carbonyl (C=O) groups excluding carboxylic acids is 3. The monoisotopic (exact) mass is 497 g/mol. The Kier molecular flexibility index (Phi) is 9.41. The number of likely N-dealkylation sites (N-methyl/N-ethyl adjacent to an activating group) is 1. The van der Waals surface area contributed by atoms with Gasteiger partial charge in [-0.25, -0.2) is 4.39 Å². The molecule has 0 bridgehead atoms. The molecule has 194 valence electrons. The molecule has 0 atom stereocenters. The van der Waals surface area contributed by atoms with Gasteiger partial charge in [-0.2, -0.15) is 0 Å². The lowest BCUT2D eigenvalue weighted by Gasteiger charge is -2.26. The maximum Gasteiger partial charge on any atom is 0.256 e. The number of nitrogens with two attached hydrogens (primary N) is 1. The quantitative estimate of drug-likeness (QED) is 0.234. The Morgan fingerprint density at radius 3 is 2.72 bits per heavy atom.